The molecule has 2 aliphatic rings. The minimum Gasteiger partial charge on any atom is -0.323 e. The van der Waals surface area contributed by atoms with E-state index in [1.165, 1.54) is 6.42 Å². The van der Waals surface area contributed by atoms with Crippen molar-refractivity contribution in [1.82, 2.24) is 10.2 Å². The minimum atomic E-state index is 0. The second kappa shape index (κ2) is 8.54. The number of amides is 1. The molecule has 1 fully saturated rings. The molecule has 1 amide bonds. The summed E-state index contributed by atoms with van der Waals surface area (Å²) in [6.07, 6.45) is 3.40. The van der Waals surface area contributed by atoms with Crippen molar-refractivity contribution < 1.29 is 4.79 Å². The number of hydrogen-bond acceptors (Lipinski definition) is 5. The van der Waals surface area contributed by atoms with E-state index in [9.17, 15) is 4.79 Å². The fraction of sp³-hybridized carbons (Fsp3) is 0.533. The average molecular weight is 356 g/mol. The Hall–Kier alpha value is -1.28. The average Bonchev–Trinajstić information content (AvgIpc) is 2.81. The predicted octanol–water partition coefficient (Wildman–Crippen LogP) is 2.85. The second-order valence-electron chi connectivity index (χ2n) is 5.74. The maximum atomic E-state index is 12.3. The summed E-state index contributed by atoms with van der Waals surface area (Å²) in [5, 5.41) is 6.37. The van der Waals surface area contributed by atoms with Gasteiger partial charge in [-0.15, -0.1) is 12.4 Å². The number of nitrogens with zero attached hydrogens (tertiary/aromatic N) is 3. The Morgan fingerprint density at radius 1 is 1.39 bits per heavy atom. The van der Waals surface area contributed by atoms with Gasteiger partial charge in [0.15, 0.2) is 0 Å². The van der Waals surface area contributed by atoms with Gasteiger partial charge in [0.25, 0.3) is 0 Å². The van der Waals surface area contributed by atoms with Gasteiger partial charge in [0.05, 0.1) is 23.6 Å². The van der Waals surface area contributed by atoms with Gasteiger partial charge in [0.1, 0.15) is 11.4 Å². The largest absolute Gasteiger partial charge is 0.323 e. The highest BCUT2D eigenvalue weighted by atomic mass is 35.5. The molecule has 0 aliphatic carbocycles. The van der Waals surface area contributed by atoms with Gasteiger partial charge in [-0.2, -0.15) is 8.73 Å². The van der Waals surface area contributed by atoms with Crippen molar-refractivity contribution in [2.75, 3.05) is 32.0 Å². The molecule has 2 heterocycles. The van der Waals surface area contributed by atoms with Crippen molar-refractivity contribution in [3.05, 3.63) is 18.2 Å². The van der Waals surface area contributed by atoms with Crippen LogP contribution in [0.1, 0.15) is 19.3 Å². The molecule has 1 saturated heterocycles. The summed E-state index contributed by atoms with van der Waals surface area (Å²) >= 11 is 1.16. The highest BCUT2D eigenvalue weighted by Crippen LogP contribution is 2.38. The van der Waals surface area contributed by atoms with E-state index in [-0.39, 0.29) is 18.3 Å². The lowest BCUT2D eigenvalue weighted by atomic mass is 10.1. The van der Waals surface area contributed by atoms with Gasteiger partial charge in [-0.25, -0.2) is 0 Å². The molecule has 0 spiro atoms. The van der Waals surface area contributed by atoms with Gasteiger partial charge in [0, 0.05) is 6.04 Å². The summed E-state index contributed by atoms with van der Waals surface area (Å²) in [7, 11) is 2.03. The lowest BCUT2D eigenvalue weighted by Gasteiger charge is -2.26. The van der Waals surface area contributed by atoms with Gasteiger partial charge in [-0.1, -0.05) is 6.07 Å². The number of fused-ring (bicyclic) bond motifs is 1. The van der Waals surface area contributed by atoms with Crippen molar-refractivity contribution in [3.63, 3.8) is 0 Å². The van der Waals surface area contributed by atoms with Crippen molar-refractivity contribution >= 4 is 46.7 Å². The van der Waals surface area contributed by atoms with Crippen LogP contribution in [0, 0.1) is 0 Å². The van der Waals surface area contributed by atoms with E-state index in [0.29, 0.717) is 12.6 Å². The Morgan fingerprint density at radius 2 is 2.26 bits per heavy atom. The maximum Gasteiger partial charge on any atom is 0.238 e. The molecule has 1 atom stereocenters. The fourth-order valence-corrected chi connectivity index (χ4v) is 3.44. The first-order chi connectivity index (χ1) is 10.7. The Bertz CT molecular complexity index is 624. The number of halogens is 1. The summed E-state index contributed by atoms with van der Waals surface area (Å²) in [6, 6.07) is 6.13. The molecule has 0 aromatic heterocycles. The Morgan fingerprint density at radius 3 is 3.13 bits per heavy atom. The van der Waals surface area contributed by atoms with Crippen LogP contribution in [0.3, 0.4) is 0 Å². The van der Waals surface area contributed by atoms with Crippen LogP contribution in [0.5, 0.6) is 0 Å². The number of benzene rings is 1. The SMILES string of the molecule is CN(CC(=O)Nc1cccc2c1N=S=N2)C1CCCNCC1.Cl. The number of anilines is 1. The molecular weight excluding hydrogens is 334 g/mol. The van der Waals surface area contributed by atoms with Gasteiger partial charge < -0.3 is 10.6 Å². The lowest BCUT2D eigenvalue weighted by Crippen LogP contribution is -2.38. The van der Waals surface area contributed by atoms with Crippen molar-refractivity contribution in [2.24, 2.45) is 8.73 Å². The molecule has 0 bridgehead atoms. The molecule has 0 radical (unpaired) electrons. The smallest absolute Gasteiger partial charge is 0.238 e. The molecule has 3 rings (SSSR count). The van der Waals surface area contributed by atoms with Crippen LogP contribution in [0.2, 0.25) is 0 Å². The third-order valence-electron chi connectivity index (χ3n) is 4.12. The number of carbonyl (C=O) groups is 1. The van der Waals surface area contributed by atoms with Gasteiger partial charge in [0.2, 0.25) is 5.91 Å². The zero-order valence-electron chi connectivity index (χ0n) is 13.1. The molecule has 6 nitrogen and oxygen atoms in total. The maximum absolute atomic E-state index is 12.3. The quantitative estimate of drug-likeness (QED) is 0.886. The molecular formula is C15H22ClN5OS. The number of nitrogens with one attached hydrogen (secondary N) is 2. The standard InChI is InChI=1S/C15H21N5OS.ClH/c1-20(11-4-3-8-16-9-7-11)10-14(21)17-12-5-2-6-13-15(12)19-22-18-13;/h2,5-6,11,16H,3-4,7-10H2,1H3,(H,17,21);1H. The number of likely N-dealkylation sites (N-methyl/N-ethyl adjacent to an activating group) is 1. The summed E-state index contributed by atoms with van der Waals surface area (Å²) in [6.45, 7) is 2.51. The van der Waals surface area contributed by atoms with E-state index in [0.717, 1.165) is 54.3 Å². The van der Waals surface area contributed by atoms with E-state index in [1.807, 2.05) is 25.2 Å². The normalized spacial score (nSPS) is 19.5. The minimum absolute atomic E-state index is 0. The van der Waals surface area contributed by atoms with E-state index in [1.54, 1.807) is 0 Å². The zero-order chi connectivity index (χ0) is 15.4. The first kappa shape index (κ1) is 18.1. The van der Waals surface area contributed by atoms with E-state index >= 15 is 0 Å². The van der Waals surface area contributed by atoms with Gasteiger partial charge >= 0.3 is 0 Å². The van der Waals surface area contributed by atoms with Crippen LogP contribution in [-0.4, -0.2) is 43.5 Å². The molecule has 23 heavy (non-hydrogen) atoms. The van der Waals surface area contributed by atoms with Crippen LogP contribution >= 0.6 is 12.4 Å². The van der Waals surface area contributed by atoms with Crippen LogP contribution < -0.4 is 10.6 Å². The highest BCUT2D eigenvalue weighted by molar-refractivity contribution is 7.58. The molecule has 1 aromatic rings. The molecule has 8 heteroatoms. The van der Waals surface area contributed by atoms with E-state index < -0.39 is 0 Å². The molecule has 126 valence electrons. The van der Waals surface area contributed by atoms with Crippen molar-refractivity contribution in [1.29, 1.82) is 0 Å². The summed E-state index contributed by atoms with van der Waals surface area (Å²) < 4.78 is 8.44. The molecule has 1 aromatic carbocycles. The molecule has 0 saturated carbocycles. The highest BCUT2D eigenvalue weighted by Gasteiger charge is 2.20. The Labute approximate surface area is 146 Å². The second-order valence-corrected chi connectivity index (χ2v) is 6.26. The first-order valence-corrected chi connectivity index (χ1v) is 8.39. The van der Waals surface area contributed by atoms with Gasteiger partial charge in [-0.05, 0) is 51.5 Å². The summed E-state index contributed by atoms with van der Waals surface area (Å²) in [5.74, 6) is 0.000191. The molecule has 2 N–H and O–H groups in total. The fourth-order valence-electron chi connectivity index (χ4n) is 2.89. The number of rotatable bonds is 4. The third-order valence-corrected chi connectivity index (χ3v) is 4.66. The van der Waals surface area contributed by atoms with Crippen molar-refractivity contribution in [3.8, 4) is 0 Å². The predicted molar refractivity (Wildman–Crippen MR) is 97.0 cm³/mol. The zero-order valence-corrected chi connectivity index (χ0v) is 14.8. The molecule has 1 unspecified atom stereocenters. The molecule has 2 aliphatic heterocycles. The van der Waals surface area contributed by atoms with E-state index in [2.05, 4.69) is 24.3 Å². The number of carbonyl (C=O) groups excluding carboxylic acids is 1. The monoisotopic (exact) mass is 355 g/mol. The topological polar surface area (TPSA) is 69.1 Å². The first-order valence-electron chi connectivity index (χ1n) is 7.66. The Balaban J connectivity index is 0.00000192. The van der Waals surface area contributed by atoms with Crippen LogP contribution in [0.4, 0.5) is 17.1 Å². The number of hydrogen-bond donors (Lipinski definition) is 2. The van der Waals surface area contributed by atoms with Crippen LogP contribution in [0.25, 0.3) is 0 Å². The van der Waals surface area contributed by atoms with E-state index in [4.69, 9.17) is 0 Å². The Kier molecular flexibility index (Phi) is 6.71. The van der Waals surface area contributed by atoms with Crippen LogP contribution in [-0.2, 0) is 16.1 Å². The summed E-state index contributed by atoms with van der Waals surface area (Å²) in [5.41, 5.74) is 2.33. The van der Waals surface area contributed by atoms with Gasteiger partial charge in [-0.3, -0.25) is 9.69 Å². The third kappa shape index (κ3) is 4.60. The van der Waals surface area contributed by atoms with Crippen LogP contribution in [0.15, 0.2) is 26.9 Å². The van der Waals surface area contributed by atoms with Crippen molar-refractivity contribution in [2.45, 2.75) is 25.3 Å². The summed E-state index contributed by atoms with van der Waals surface area (Å²) in [4.78, 5) is 14.5. The lowest BCUT2D eigenvalue weighted by molar-refractivity contribution is -0.117.